The molecule has 5 amide bonds. The maximum Gasteiger partial charge on any atom is 0.264 e. The van der Waals surface area contributed by atoms with Crippen LogP contribution in [-0.2, 0) is 60.3 Å². The van der Waals surface area contributed by atoms with E-state index in [1.54, 1.807) is 37.1 Å². The number of nitrogens with zero attached hydrogens (tertiary/aromatic N) is 8. The molecule has 7 heterocycles. The molecule has 1 aliphatic carbocycles. The van der Waals surface area contributed by atoms with Gasteiger partial charge in [0.2, 0.25) is 17.7 Å². The number of hydrogen-bond acceptors (Lipinski definition) is 9. The smallest absolute Gasteiger partial charge is 0.264 e. The quantitative estimate of drug-likeness (QED) is 0.248. The first kappa shape index (κ1) is 39.4. The van der Waals surface area contributed by atoms with Gasteiger partial charge in [0.25, 0.3) is 18.2 Å². The summed E-state index contributed by atoms with van der Waals surface area (Å²) in [6.45, 7) is 5.53. The third-order valence-electron chi connectivity index (χ3n) is 14.0. The number of hydrogen-bond donors (Lipinski definition) is 1. The lowest BCUT2D eigenvalue weighted by atomic mass is 9.84. The number of alkyl halides is 2. The summed E-state index contributed by atoms with van der Waals surface area (Å²) in [4.78, 5) is 71.4. The minimum atomic E-state index is -2.67. The lowest BCUT2D eigenvalue weighted by Crippen LogP contribution is -2.54. The molecule has 5 aliphatic heterocycles. The fraction of sp³-hybridized carbons (Fsp3) is 0.489. The number of piperidine rings is 1. The second kappa shape index (κ2) is 15.3. The van der Waals surface area contributed by atoms with Crippen LogP contribution < -0.4 is 10.2 Å². The van der Waals surface area contributed by atoms with E-state index in [4.69, 9.17) is 5.10 Å². The number of halogens is 2. The summed E-state index contributed by atoms with van der Waals surface area (Å²) >= 11 is 0. The van der Waals surface area contributed by atoms with Gasteiger partial charge in [0.15, 0.2) is 5.82 Å². The van der Waals surface area contributed by atoms with Gasteiger partial charge in [-0.1, -0.05) is 0 Å². The number of carbonyl (C=O) groups excluding carboxylic acids is 5. The topological polar surface area (TPSA) is 146 Å². The predicted molar refractivity (Wildman–Crippen MR) is 219 cm³/mol. The van der Waals surface area contributed by atoms with Crippen molar-refractivity contribution in [3.05, 3.63) is 81.3 Å². The van der Waals surface area contributed by atoms with E-state index >= 15 is 0 Å². The number of aromatic nitrogens is 4. The monoisotopic (exact) mass is 833 g/mol. The fourth-order valence-electron chi connectivity index (χ4n) is 10.8. The maximum absolute atomic E-state index is 14.7. The molecule has 0 bridgehead atoms. The normalized spacial score (nSPS) is 23.0. The van der Waals surface area contributed by atoms with Crippen molar-refractivity contribution < 1.29 is 32.8 Å². The Kier molecular flexibility index (Phi) is 9.87. The molecule has 2 aromatic carbocycles. The van der Waals surface area contributed by atoms with Gasteiger partial charge >= 0.3 is 0 Å². The van der Waals surface area contributed by atoms with E-state index in [1.165, 1.54) is 0 Å². The average molecular weight is 834 g/mol. The van der Waals surface area contributed by atoms with Crippen molar-refractivity contribution in [2.24, 2.45) is 13.0 Å². The molecule has 1 atom stereocenters. The van der Waals surface area contributed by atoms with Crippen LogP contribution in [0.4, 0.5) is 20.3 Å². The number of imide groups is 2. The summed E-state index contributed by atoms with van der Waals surface area (Å²) in [5.41, 5.74) is 7.72. The first-order chi connectivity index (χ1) is 29.4. The molecule has 0 spiro atoms. The van der Waals surface area contributed by atoms with Gasteiger partial charge in [0.1, 0.15) is 6.04 Å². The van der Waals surface area contributed by atoms with Gasteiger partial charge < -0.3 is 9.80 Å². The number of rotatable bonds is 7. The molecule has 1 N–H and O–H groups in total. The van der Waals surface area contributed by atoms with E-state index < -0.39 is 36.1 Å². The zero-order valence-corrected chi connectivity index (χ0v) is 34.5. The zero-order chi connectivity index (χ0) is 42.3. The SMILES string of the molecule is CC(=O)N1CCc2c(c(N3CCCc4cc(-c5cnn(C)c5)c(C(F)F)cc43)nn2CC2CCC(N3CCc4cc5c(cc4C3)C(=O)N(C3CCC(=O)NC3=O)C5=O)CC2)C1. The van der Waals surface area contributed by atoms with Crippen molar-refractivity contribution in [2.75, 3.05) is 24.5 Å². The zero-order valence-electron chi connectivity index (χ0n) is 34.5. The van der Waals surface area contributed by atoms with Gasteiger partial charge in [-0.15, -0.1) is 0 Å². The Bertz CT molecular complexity index is 2500. The Morgan fingerprint density at radius 1 is 0.852 bits per heavy atom. The van der Waals surface area contributed by atoms with Crippen LogP contribution in [0.25, 0.3) is 11.1 Å². The first-order valence-corrected chi connectivity index (χ1v) is 21.6. The lowest BCUT2D eigenvalue weighted by Gasteiger charge is -2.39. The molecule has 2 aromatic heterocycles. The van der Waals surface area contributed by atoms with E-state index in [2.05, 4.69) is 24.9 Å². The highest BCUT2D eigenvalue weighted by Crippen LogP contribution is 2.44. The van der Waals surface area contributed by atoms with Crippen LogP contribution >= 0.6 is 0 Å². The highest BCUT2D eigenvalue weighted by molar-refractivity contribution is 6.23. The second-order valence-corrected chi connectivity index (χ2v) is 17.7. The third-order valence-corrected chi connectivity index (χ3v) is 14.0. The molecular formula is C45H49F2N9O5. The van der Waals surface area contributed by atoms with Crippen molar-refractivity contribution in [1.82, 2.24) is 39.6 Å². The fourth-order valence-corrected chi connectivity index (χ4v) is 10.8. The van der Waals surface area contributed by atoms with E-state index in [0.717, 1.165) is 102 Å². The van der Waals surface area contributed by atoms with Gasteiger partial charge in [-0.3, -0.25) is 48.5 Å². The average Bonchev–Trinajstić information content (AvgIpc) is 3.92. The van der Waals surface area contributed by atoms with Crippen molar-refractivity contribution in [1.29, 1.82) is 0 Å². The van der Waals surface area contributed by atoms with Crippen LogP contribution in [0.15, 0.2) is 36.7 Å². The highest BCUT2D eigenvalue weighted by atomic mass is 19.3. The first-order valence-electron chi connectivity index (χ1n) is 21.6. The molecule has 318 valence electrons. The summed E-state index contributed by atoms with van der Waals surface area (Å²) in [7, 11) is 1.78. The van der Waals surface area contributed by atoms with Crippen molar-refractivity contribution >= 4 is 41.0 Å². The van der Waals surface area contributed by atoms with Crippen molar-refractivity contribution in [3.8, 4) is 11.1 Å². The van der Waals surface area contributed by atoms with Crippen molar-refractivity contribution in [3.63, 3.8) is 0 Å². The molecule has 14 nitrogen and oxygen atoms in total. The molecule has 2 fully saturated rings. The molecule has 61 heavy (non-hydrogen) atoms. The summed E-state index contributed by atoms with van der Waals surface area (Å²) in [6.07, 6.45) is 8.00. The Hall–Kier alpha value is -5.77. The number of fused-ring (bicyclic) bond motifs is 4. The van der Waals surface area contributed by atoms with Crippen LogP contribution in [0.3, 0.4) is 0 Å². The summed E-state index contributed by atoms with van der Waals surface area (Å²) in [5.74, 6) is -0.821. The van der Waals surface area contributed by atoms with Crippen LogP contribution in [0.1, 0.15) is 113 Å². The van der Waals surface area contributed by atoms with E-state index in [0.29, 0.717) is 66.8 Å². The summed E-state index contributed by atoms with van der Waals surface area (Å²) in [6, 6.07) is 6.59. The van der Waals surface area contributed by atoms with Crippen LogP contribution in [0, 0.1) is 5.92 Å². The summed E-state index contributed by atoms with van der Waals surface area (Å²) < 4.78 is 33.2. The predicted octanol–water partition coefficient (Wildman–Crippen LogP) is 5.23. The van der Waals surface area contributed by atoms with Gasteiger partial charge in [-0.2, -0.15) is 10.2 Å². The van der Waals surface area contributed by atoms with Crippen LogP contribution in [-0.4, -0.2) is 95.5 Å². The number of aryl methyl sites for hydroxylation is 2. The number of amides is 5. The second-order valence-electron chi connectivity index (χ2n) is 17.7. The molecule has 1 saturated carbocycles. The van der Waals surface area contributed by atoms with Gasteiger partial charge in [0, 0.05) is 99.8 Å². The van der Waals surface area contributed by atoms with E-state index in [1.807, 2.05) is 23.1 Å². The minimum Gasteiger partial charge on any atom is -0.338 e. The Morgan fingerprint density at radius 2 is 1.61 bits per heavy atom. The van der Waals surface area contributed by atoms with Crippen LogP contribution in [0.2, 0.25) is 0 Å². The Morgan fingerprint density at radius 3 is 2.31 bits per heavy atom. The number of anilines is 2. The number of benzene rings is 2. The van der Waals surface area contributed by atoms with Crippen LogP contribution in [0.5, 0.6) is 0 Å². The molecule has 4 aromatic rings. The molecular weight excluding hydrogens is 785 g/mol. The number of carbonyl (C=O) groups is 5. The molecule has 1 unspecified atom stereocenters. The standard InChI is InChI=1S/C45H49F2N9O5/c1-25(57)52-15-12-37-36(24-52)42(54-13-3-4-28-17-32(30-20-48-51(2)22-30)33(41(46)47)19-39(28)54)50-55(37)21-26-5-7-31(8-6-26)53-14-11-27-16-34-35(18-29(27)23-53)45(61)56(44(34)60)38-9-10-40(58)49-43(38)59/h16-20,22,26,31,38,41H,3-15,21,23-24H2,1-2H3,(H,49,58,59). The molecule has 1 saturated heterocycles. The van der Waals surface area contributed by atoms with Gasteiger partial charge in [0.05, 0.1) is 23.9 Å². The molecule has 0 radical (unpaired) electrons. The lowest BCUT2D eigenvalue weighted by molar-refractivity contribution is -0.136. The Labute approximate surface area is 351 Å². The van der Waals surface area contributed by atoms with E-state index in [9.17, 15) is 32.8 Å². The molecule has 6 aliphatic rings. The van der Waals surface area contributed by atoms with Gasteiger partial charge in [-0.05, 0) is 104 Å². The van der Waals surface area contributed by atoms with Gasteiger partial charge in [-0.25, -0.2) is 8.78 Å². The highest BCUT2D eigenvalue weighted by Gasteiger charge is 2.45. The van der Waals surface area contributed by atoms with Crippen molar-refractivity contribution in [2.45, 2.75) is 109 Å². The number of nitrogens with one attached hydrogen (secondary N) is 1. The maximum atomic E-state index is 14.7. The largest absolute Gasteiger partial charge is 0.338 e. The minimum absolute atomic E-state index is 0.00169. The Balaban J connectivity index is 0.853. The summed E-state index contributed by atoms with van der Waals surface area (Å²) in [5, 5.41) is 11.8. The third kappa shape index (κ3) is 6.92. The van der Waals surface area contributed by atoms with E-state index in [-0.39, 0.29) is 24.3 Å². The molecule has 16 heteroatoms. The molecule has 10 rings (SSSR count).